The van der Waals surface area contributed by atoms with Crippen LogP contribution in [0.5, 0.6) is 0 Å². The molecule has 0 radical (unpaired) electrons. The van der Waals surface area contributed by atoms with E-state index in [-0.39, 0.29) is 5.91 Å². The number of amides is 3. The lowest BCUT2D eigenvalue weighted by Gasteiger charge is -2.17. The number of anilines is 1. The van der Waals surface area contributed by atoms with Gasteiger partial charge in [0.25, 0.3) is 0 Å². The molecule has 3 amide bonds. The maximum atomic E-state index is 11.8. The first-order valence-electron chi connectivity index (χ1n) is 6.51. The van der Waals surface area contributed by atoms with Crippen LogP contribution in [0.1, 0.15) is 26.3 Å². The average Bonchev–Trinajstić information content (AvgIpc) is 2.39. The Morgan fingerprint density at radius 2 is 1.89 bits per heavy atom. The summed E-state index contributed by atoms with van der Waals surface area (Å²) >= 11 is 0. The minimum absolute atomic E-state index is 0.350. The summed E-state index contributed by atoms with van der Waals surface area (Å²) in [5.74, 6) is -0.350. The lowest BCUT2D eigenvalue weighted by molar-refractivity contribution is -0.120. The lowest BCUT2D eigenvalue weighted by Crippen LogP contribution is -2.45. The van der Waals surface area contributed by atoms with Gasteiger partial charge >= 0.3 is 6.03 Å². The van der Waals surface area contributed by atoms with Crippen LogP contribution in [0.2, 0.25) is 0 Å². The molecule has 1 aromatic rings. The molecular formula is C14H21N3O2. The molecule has 1 rings (SSSR count). The van der Waals surface area contributed by atoms with Gasteiger partial charge in [-0.2, -0.15) is 0 Å². The molecule has 0 aliphatic rings. The molecule has 3 N–H and O–H groups in total. The van der Waals surface area contributed by atoms with Crippen LogP contribution in [-0.2, 0) is 11.2 Å². The molecule has 0 aromatic heterocycles. The summed E-state index contributed by atoms with van der Waals surface area (Å²) in [6, 6.07) is 6.87. The van der Waals surface area contributed by atoms with Gasteiger partial charge in [-0.3, -0.25) is 10.1 Å². The SMILES string of the molecule is CCNC(=O)NC(=O)C(C)Nc1ccccc1CC. The Hall–Kier alpha value is -2.04. The number of carbonyl (C=O) groups is 2. The minimum Gasteiger partial charge on any atom is -0.374 e. The molecule has 0 saturated carbocycles. The number of hydrogen-bond acceptors (Lipinski definition) is 3. The molecule has 0 fully saturated rings. The van der Waals surface area contributed by atoms with Crippen molar-refractivity contribution < 1.29 is 9.59 Å². The third-order valence-corrected chi connectivity index (χ3v) is 2.74. The van der Waals surface area contributed by atoms with Crippen LogP contribution in [0.15, 0.2) is 24.3 Å². The fourth-order valence-electron chi connectivity index (χ4n) is 1.69. The van der Waals surface area contributed by atoms with Crippen molar-refractivity contribution in [1.82, 2.24) is 10.6 Å². The standard InChI is InChI=1S/C14H21N3O2/c1-4-11-8-6-7-9-12(11)16-10(3)13(18)17-14(19)15-5-2/h6-10,16H,4-5H2,1-3H3,(H2,15,17,18,19). The smallest absolute Gasteiger partial charge is 0.321 e. The van der Waals surface area contributed by atoms with Crippen molar-refractivity contribution in [2.75, 3.05) is 11.9 Å². The van der Waals surface area contributed by atoms with E-state index in [2.05, 4.69) is 22.9 Å². The highest BCUT2D eigenvalue weighted by Crippen LogP contribution is 2.16. The summed E-state index contributed by atoms with van der Waals surface area (Å²) in [5.41, 5.74) is 2.06. The number of imide groups is 1. The summed E-state index contributed by atoms with van der Waals surface area (Å²) in [4.78, 5) is 23.1. The van der Waals surface area contributed by atoms with Gasteiger partial charge in [0.2, 0.25) is 5.91 Å². The molecule has 0 aliphatic carbocycles. The molecular weight excluding hydrogens is 242 g/mol. The highest BCUT2D eigenvalue weighted by atomic mass is 16.2. The average molecular weight is 263 g/mol. The first-order chi connectivity index (χ1) is 9.08. The van der Waals surface area contributed by atoms with Gasteiger partial charge in [0.05, 0.1) is 0 Å². The van der Waals surface area contributed by atoms with Crippen LogP contribution in [0.4, 0.5) is 10.5 Å². The third-order valence-electron chi connectivity index (χ3n) is 2.74. The highest BCUT2D eigenvalue weighted by molar-refractivity contribution is 5.98. The Bertz CT molecular complexity index is 446. The number of hydrogen-bond donors (Lipinski definition) is 3. The largest absolute Gasteiger partial charge is 0.374 e. The first-order valence-corrected chi connectivity index (χ1v) is 6.51. The van der Waals surface area contributed by atoms with E-state index in [4.69, 9.17) is 0 Å². The zero-order valence-corrected chi connectivity index (χ0v) is 11.6. The van der Waals surface area contributed by atoms with Crippen LogP contribution >= 0.6 is 0 Å². The van der Waals surface area contributed by atoms with Gasteiger partial charge in [-0.1, -0.05) is 25.1 Å². The predicted octanol–water partition coefficient (Wildman–Crippen LogP) is 1.90. The van der Waals surface area contributed by atoms with Crippen molar-refractivity contribution in [3.8, 4) is 0 Å². The fourth-order valence-corrected chi connectivity index (χ4v) is 1.69. The maximum Gasteiger partial charge on any atom is 0.321 e. The van der Waals surface area contributed by atoms with Crippen molar-refractivity contribution in [3.05, 3.63) is 29.8 Å². The van der Waals surface area contributed by atoms with E-state index in [9.17, 15) is 9.59 Å². The first kappa shape index (κ1) is 15.0. The Morgan fingerprint density at radius 1 is 1.21 bits per heavy atom. The molecule has 5 heteroatoms. The maximum absolute atomic E-state index is 11.8. The molecule has 0 saturated heterocycles. The van der Waals surface area contributed by atoms with E-state index >= 15 is 0 Å². The van der Waals surface area contributed by atoms with Gasteiger partial charge in [0.15, 0.2) is 0 Å². The number of benzene rings is 1. The zero-order valence-electron chi connectivity index (χ0n) is 11.6. The van der Waals surface area contributed by atoms with Crippen molar-refractivity contribution in [3.63, 3.8) is 0 Å². The molecule has 1 aromatic carbocycles. The summed E-state index contributed by atoms with van der Waals surface area (Å²) in [7, 11) is 0. The molecule has 5 nitrogen and oxygen atoms in total. The normalized spacial score (nSPS) is 11.5. The lowest BCUT2D eigenvalue weighted by atomic mass is 10.1. The van der Waals surface area contributed by atoms with Gasteiger partial charge in [-0.25, -0.2) is 4.79 Å². The van der Waals surface area contributed by atoms with Crippen molar-refractivity contribution >= 4 is 17.6 Å². The molecule has 0 bridgehead atoms. The number of aryl methyl sites for hydroxylation is 1. The van der Waals surface area contributed by atoms with E-state index in [1.54, 1.807) is 13.8 Å². The predicted molar refractivity (Wildman–Crippen MR) is 76.1 cm³/mol. The van der Waals surface area contributed by atoms with E-state index in [0.29, 0.717) is 6.54 Å². The quantitative estimate of drug-likeness (QED) is 0.760. The molecule has 104 valence electrons. The monoisotopic (exact) mass is 263 g/mol. The second-order valence-electron chi connectivity index (χ2n) is 4.23. The van der Waals surface area contributed by atoms with Crippen LogP contribution in [0, 0.1) is 0 Å². The van der Waals surface area contributed by atoms with Gasteiger partial charge in [0, 0.05) is 12.2 Å². The van der Waals surface area contributed by atoms with Gasteiger partial charge < -0.3 is 10.6 Å². The van der Waals surface area contributed by atoms with Gasteiger partial charge in [-0.05, 0) is 31.9 Å². The van der Waals surface area contributed by atoms with Crippen molar-refractivity contribution in [2.24, 2.45) is 0 Å². The van der Waals surface area contributed by atoms with E-state index < -0.39 is 12.1 Å². The minimum atomic E-state index is -0.477. The number of rotatable bonds is 5. The Balaban J connectivity index is 2.61. The topological polar surface area (TPSA) is 70.2 Å². The van der Waals surface area contributed by atoms with E-state index in [1.165, 1.54) is 0 Å². The highest BCUT2D eigenvalue weighted by Gasteiger charge is 2.15. The summed E-state index contributed by atoms with van der Waals surface area (Å²) < 4.78 is 0. The van der Waals surface area contributed by atoms with Gasteiger partial charge in [-0.15, -0.1) is 0 Å². The number of urea groups is 1. The van der Waals surface area contributed by atoms with E-state index in [1.807, 2.05) is 24.3 Å². The zero-order chi connectivity index (χ0) is 14.3. The summed E-state index contributed by atoms with van der Waals surface area (Å²) in [6.45, 7) is 6.06. The van der Waals surface area contributed by atoms with Crippen molar-refractivity contribution in [2.45, 2.75) is 33.2 Å². The molecule has 19 heavy (non-hydrogen) atoms. The van der Waals surface area contributed by atoms with Crippen LogP contribution in [0.25, 0.3) is 0 Å². The molecule has 1 unspecified atom stereocenters. The third kappa shape index (κ3) is 4.62. The van der Waals surface area contributed by atoms with Crippen LogP contribution in [0.3, 0.4) is 0 Å². The Labute approximate surface area is 113 Å². The summed E-state index contributed by atoms with van der Waals surface area (Å²) in [6.07, 6.45) is 0.883. The van der Waals surface area contributed by atoms with Crippen LogP contribution < -0.4 is 16.0 Å². The Kier molecular flexibility index (Phi) is 5.85. The number of para-hydroxylation sites is 1. The van der Waals surface area contributed by atoms with Crippen LogP contribution in [-0.4, -0.2) is 24.5 Å². The number of nitrogens with one attached hydrogen (secondary N) is 3. The number of carbonyl (C=O) groups excluding carboxylic acids is 2. The molecule has 0 aliphatic heterocycles. The molecule has 0 spiro atoms. The van der Waals surface area contributed by atoms with Gasteiger partial charge in [0.1, 0.15) is 6.04 Å². The Morgan fingerprint density at radius 3 is 2.53 bits per heavy atom. The fraction of sp³-hybridized carbons (Fsp3) is 0.429. The second-order valence-corrected chi connectivity index (χ2v) is 4.23. The second kappa shape index (κ2) is 7.41. The van der Waals surface area contributed by atoms with E-state index in [0.717, 1.165) is 17.7 Å². The molecule has 0 heterocycles. The summed E-state index contributed by atoms with van der Waals surface area (Å²) in [5, 5.41) is 7.92. The molecule has 1 atom stereocenters. The van der Waals surface area contributed by atoms with Crippen molar-refractivity contribution in [1.29, 1.82) is 0 Å².